The Kier molecular flexibility index (Phi) is 5.30. The summed E-state index contributed by atoms with van der Waals surface area (Å²) in [6, 6.07) is 7.29. The second-order valence-corrected chi connectivity index (χ2v) is 4.72. The van der Waals surface area contributed by atoms with Crippen LogP contribution in [-0.4, -0.2) is 56.8 Å². The largest absolute Gasteiger partial charge is 0.467 e. The lowest BCUT2D eigenvalue weighted by molar-refractivity contribution is -0.158. The average Bonchev–Trinajstić information content (AvgIpc) is 2.54. The van der Waals surface area contributed by atoms with Crippen LogP contribution >= 0.6 is 0 Å². The Labute approximate surface area is 123 Å². The van der Waals surface area contributed by atoms with Gasteiger partial charge in [-0.1, -0.05) is 18.2 Å². The molecule has 2 rings (SSSR count). The quantitative estimate of drug-likeness (QED) is 0.770. The Bertz CT molecular complexity index is 517. The molecule has 1 fully saturated rings. The van der Waals surface area contributed by atoms with Crippen LogP contribution in [0.25, 0.3) is 0 Å². The molecule has 1 aromatic carbocycles. The molecular formula is C15H19NO5. The van der Waals surface area contributed by atoms with Gasteiger partial charge in [0.25, 0.3) is 5.91 Å². The maximum Gasteiger partial charge on any atom is 0.336 e. The monoisotopic (exact) mass is 293 g/mol. The number of methoxy groups -OCH3 is 2. The topological polar surface area (TPSA) is 65.1 Å². The van der Waals surface area contributed by atoms with Gasteiger partial charge in [0.15, 0.2) is 6.10 Å². The first-order valence-corrected chi connectivity index (χ1v) is 6.73. The predicted octanol–water partition coefficient (Wildman–Crippen LogP) is 0.847. The fraction of sp³-hybridized carbons (Fsp3) is 0.467. The minimum atomic E-state index is -0.720. The fourth-order valence-corrected chi connectivity index (χ4v) is 2.29. The molecule has 1 unspecified atom stereocenters. The highest BCUT2D eigenvalue weighted by molar-refractivity contribution is 5.96. The second kappa shape index (κ2) is 7.19. The molecule has 0 aliphatic carbocycles. The zero-order valence-corrected chi connectivity index (χ0v) is 12.2. The van der Waals surface area contributed by atoms with E-state index < -0.39 is 12.1 Å². The van der Waals surface area contributed by atoms with Gasteiger partial charge in [0.1, 0.15) is 0 Å². The van der Waals surface area contributed by atoms with Gasteiger partial charge in [-0.2, -0.15) is 0 Å². The summed E-state index contributed by atoms with van der Waals surface area (Å²) >= 11 is 0. The van der Waals surface area contributed by atoms with Crippen LogP contribution in [-0.2, 0) is 25.6 Å². The number of carbonyl (C=O) groups excluding carboxylic acids is 2. The van der Waals surface area contributed by atoms with Crippen molar-refractivity contribution in [2.75, 3.05) is 33.9 Å². The first-order chi connectivity index (χ1) is 10.2. The van der Waals surface area contributed by atoms with Gasteiger partial charge in [-0.05, 0) is 11.6 Å². The highest BCUT2D eigenvalue weighted by atomic mass is 16.6. The number of nitrogens with zero attached hydrogens (tertiary/aromatic N) is 1. The van der Waals surface area contributed by atoms with Gasteiger partial charge in [-0.25, -0.2) is 4.79 Å². The van der Waals surface area contributed by atoms with Crippen LogP contribution in [0.4, 0.5) is 0 Å². The van der Waals surface area contributed by atoms with Gasteiger partial charge in [-0.3, -0.25) is 4.79 Å². The van der Waals surface area contributed by atoms with E-state index >= 15 is 0 Å². The lowest BCUT2D eigenvalue weighted by Gasteiger charge is -2.32. The van der Waals surface area contributed by atoms with E-state index in [0.717, 1.165) is 5.56 Å². The molecule has 1 aliphatic heterocycles. The van der Waals surface area contributed by atoms with Gasteiger partial charge < -0.3 is 19.1 Å². The lowest BCUT2D eigenvalue weighted by atomic mass is 10.1. The summed E-state index contributed by atoms with van der Waals surface area (Å²) in [6.45, 7) is 1.34. The van der Waals surface area contributed by atoms with Crippen molar-refractivity contribution in [2.45, 2.75) is 12.7 Å². The summed E-state index contributed by atoms with van der Waals surface area (Å²) in [5, 5.41) is 0. The zero-order valence-electron chi connectivity index (χ0n) is 12.2. The standard InChI is InChI=1S/C15H19NO5/c1-19-10-11-5-3-4-6-12(11)14(17)16-7-8-21-13(9-16)15(18)20-2/h3-6,13H,7-10H2,1-2H3. The minimum Gasteiger partial charge on any atom is -0.467 e. The van der Waals surface area contributed by atoms with E-state index in [1.807, 2.05) is 18.2 Å². The number of carbonyl (C=O) groups is 2. The molecule has 1 heterocycles. The molecule has 1 atom stereocenters. The molecule has 6 heteroatoms. The SMILES string of the molecule is COCc1ccccc1C(=O)N1CCOC(C(=O)OC)C1. The molecule has 6 nitrogen and oxygen atoms in total. The Morgan fingerprint density at radius 2 is 2.10 bits per heavy atom. The maximum atomic E-state index is 12.6. The molecule has 0 radical (unpaired) electrons. The lowest BCUT2D eigenvalue weighted by Crippen LogP contribution is -2.49. The Morgan fingerprint density at radius 1 is 1.33 bits per heavy atom. The molecule has 0 aromatic heterocycles. The summed E-state index contributed by atoms with van der Waals surface area (Å²) in [6.07, 6.45) is -0.720. The summed E-state index contributed by atoms with van der Waals surface area (Å²) in [7, 11) is 2.89. The number of ether oxygens (including phenoxy) is 3. The van der Waals surface area contributed by atoms with Gasteiger partial charge in [-0.15, -0.1) is 0 Å². The summed E-state index contributed by atoms with van der Waals surface area (Å²) < 4.78 is 15.1. The number of hydrogen-bond donors (Lipinski definition) is 0. The van der Waals surface area contributed by atoms with Gasteiger partial charge in [0, 0.05) is 19.2 Å². The minimum absolute atomic E-state index is 0.125. The van der Waals surface area contributed by atoms with Crippen LogP contribution in [0.3, 0.4) is 0 Å². The summed E-state index contributed by atoms with van der Waals surface area (Å²) in [4.78, 5) is 25.8. The number of morpholine rings is 1. The van der Waals surface area contributed by atoms with Crippen LogP contribution in [0.15, 0.2) is 24.3 Å². The number of esters is 1. The zero-order chi connectivity index (χ0) is 15.2. The van der Waals surface area contributed by atoms with Crippen molar-refractivity contribution in [3.8, 4) is 0 Å². The van der Waals surface area contributed by atoms with Crippen LogP contribution in [0.2, 0.25) is 0 Å². The molecule has 0 bridgehead atoms. The molecule has 1 saturated heterocycles. The van der Waals surface area contributed by atoms with Gasteiger partial charge in [0.2, 0.25) is 0 Å². The molecule has 0 spiro atoms. The van der Waals surface area contributed by atoms with Crippen molar-refractivity contribution >= 4 is 11.9 Å². The third-order valence-electron chi connectivity index (χ3n) is 3.37. The molecule has 1 aliphatic rings. The molecule has 1 amide bonds. The third kappa shape index (κ3) is 3.59. The number of hydrogen-bond acceptors (Lipinski definition) is 5. The summed E-state index contributed by atoms with van der Waals surface area (Å²) in [5.74, 6) is -0.586. The molecule has 114 valence electrons. The van der Waals surface area contributed by atoms with E-state index in [2.05, 4.69) is 4.74 Å². The van der Waals surface area contributed by atoms with Crippen molar-refractivity contribution in [1.82, 2.24) is 4.90 Å². The number of rotatable bonds is 4. The van der Waals surface area contributed by atoms with E-state index in [1.165, 1.54) is 7.11 Å². The predicted molar refractivity (Wildman–Crippen MR) is 74.8 cm³/mol. The van der Waals surface area contributed by atoms with Crippen molar-refractivity contribution in [3.63, 3.8) is 0 Å². The average molecular weight is 293 g/mol. The van der Waals surface area contributed by atoms with E-state index in [9.17, 15) is 9.59 Å². The first-order valence-electron chi connectivity index (χ1n) is 6.73. The highest BCUT2D eigenvalue weighted by Crippen LogP contribution is 2.16. The maximum absolute atomic E-state index is 12.6. The Hall–Kier alpha value is -1.92. The normalized spacial score (nSPS) is 18.4. The van der Waals surface area contributed by atoms with Crippen LogP contribution in [0, 0.1) is 0 Å². The smallest absolute Gasteiger partial charge is 0.336 e. The molecule has 0 N–H and O–H groups in total. The van der Waals surface area contributed by atoms with E-state index in [-0.39, 0.29) is 12.5 Å². The van der Waals surface area contributed by atoms with Crippen LogP contribution < -0.4 is 0 Å². The van der Waals surface area contributed by atoms with Crippen molar-refractivity contribution in [1.29, 1.82) is 0 Å². The molecular weight excluding hydrogens is 274 g/mol. The van der Waals surface area contributed by atoms with E-state index in [0.29, 0.717) is 25.3 Å². The Balaban J connectivity index is 2.14. The Morgan fingerprint density at radius 3 is 2.81 bits per heavy atom. The highest BCUT2D eigenvalue weighted by Gasteiger charge is 2.30. The molecule has 21 heavy (non-hydrogen) atoms. The van der Waals surface area contributed by atoms with Crippen LogP contribution in [0.5, 0.6) is 0 Å². The first kappa shape index (κ1) is 15.5. The van der Waals surface area contributed by atoms with Gasteiger partial charge in [0.05, 0.1) is 26.9 Å². The van der Waals surface area contributed by atoms with Crippen molar-refractivity contribution in [3.05, 3.63) is 35.4 Å². The van der Waals surface area contributed by atoms with Crippen LogP contribution in [0.1, 0.15) is 15.9 Å². The fourth-order valence-electron chi connectivity index (χ4n) is 2.29. The summed E-state index contributed by atoms with van der Waals surface area (Å²) in [5.41, 5.74) is 1.41. The van der Waals surface area contributed by atoms with Crippen molar-refractivity contribution < 1.29 is 23.8 Å². The molecule has 1 aromatic rings. The number of amides is 1. The second-order valence-electron chi connectivity index (χ2n) is 4.72. The van der Waals surface area contributed by atoms with Gasteiger partial charge >= 0.3 is 5.97 Å². The van der Waals surface area contributed by atoms with Crippen molar-refractivity contribution in [2.24, 2.45) is 0 Å². The van der Waals surface area contributed by atoms with E-state index in [4.69, 9.17) is 9.47 Å². The molecule has 0 saturated carbocycles. The third-order valence-corrected chi connectivity index (χ3v) is 3.37. The number of benzene rings is 1. The van der Waals surface area contributed by atoms with E-state index in [1.54, 1.807) is 18.1 Å².